The van der Waals surface area contributed by atoms with Gasteiger partial charge in [0.25, 0.3) is 0 Å². The molecule has 0 atom stereocenters. The Kier molecular flexibility index (Phi) is 4.55. The number of halogens is 1. The van der Waals surface area contributed by atoms with Crippen molar-refractivity contribution in [2.24, 2.45) is 10.8 Å². The molecule has 0 amide bonds. The van der Waals surface area contributed by atoms with Gasteiger partial charge < -0.3 is 9.64 Å². The van der Waals surface area contributed by atoms with Crippen LogP contribution in [0.25, 0.3) is 0 Å². The third kappa shape index (κ3) is 3.19. The van der Waals surface area contributed by atoms with E-state index in [-0.39, 0.29) is 0 Å². The first-order valence-electron chi connectivity index (χ1n) is 8.12. The van der Waals surface area contributed by atoms with Gasteiger partial charge in [-0.2, -0.15) is 0 Å². The summed E-state index contributed by atoms with van der Waals surface area (Å²) in [5, 5.41) is 1.14. The molecule has 1 saturated carbocycles. The number of hydrogen-bond acceptors (Lipinski definition) is 2. The van der Waals surface area contributed by atoms with Gasteiger partial charge in [0.05, 0.1) is 0 Å². The SMILES string of the molecule is BrCC1(CN2CCC3(CCCC3)CC2)CCOCC1. The molecule has 3 fully saturated rings. The number of alkyl halides is 1. The molecule has 1 spiro atoms. The van der Waals surface area contributed by atoms with Crippen molar-refractivity contribution in [3.05, 3.63) is 0 Å². The standard InChI is InChI=1S/C16H28BrNO/c17-13-16(7-11-19-12-8-16)14-18-9-5-15(6-10-18)3-1-2-4-15/h1-14H2. The van der Waals surface area contributed by atoms with E-state index < -0.39 is 0 Å². The molecular weight excluding hydrogens is 302 g/mol. The van der Waals surface area contributed by atoms with Gasteiger partial charge in [0.15, 0.2) is 0 Å². The summed E-state index contributed by atoms with van der Waals surface area (Å²) in [4.78, 5) is 2.75. The first-order valence-corrected chi connectivity index (χ1v) is 9.24. The zero-order valence-corrected chi connectivity index (χ0v) is 13.7. The molecule has 1 aliphatic carbocycles. The third-order valence-electron chi connectivity index (χ3n) is 5.98. The van der Waals surface area contributed by atoms with Crippen molar-refractivity contribution in [3.63, 3.8) is 0 Å². The molecule has 0 aromatic rings. The Morgan fingerprint density at radius 2 is 1.53 bits per heavy atom. The Hall–Kier alpha value is 0.400. The lowest BCUT2D eigenvalue weighted by Crippen LogP contribution is -2.47. The monoisotopic (exact) mass is 329 g/mol. The smallest absolute Gasteiger partial charge is 0.0472 e. The Labute approximate surface area is 126 Å². The second-order valence-corrected chi connectivity index (χ2v) is 7.79. The summed E-state index contributed by atoms with van der Waals surface area (Å²) in [6.07, 6.45) is 11.4. The normalized spacial score (nSPS) is 30.8. The maximum Gasteiger partial charge on any atom is 0.0472 e. The molecule has 3 rings (SSSR count). The predicted molar refractivity (Wildman–Crippen MR) is 82.9 cm³/mol. The fourth-order valence-corrected chi connectivity index (χ4v) is 5.16. The first-order chi connectivity index (χ1) is 9.26. The summed E-state index contributed by atoms with van der Waals surface area (Å²) < 4.78 is 5.55. The van der Waals surface area contributed by atoms with Crippen LogP contribution >= 0.6 is 15.9 Å². The second kappa shape index (κ2) is 6.03. The summed E-state index contributed by atoms with van der Waals surface area (Å²) in [5.41, 5.74) is 1.24. The zero-order chi connectivity index (χ0) is 13.2. The molecule has 3 heteroatoms. The lowest BCUT2D eigenvalue weighted by Gasteiger charge is -2.45. The van der Waals surface area contributed by atoms with E-state index in [0.717, 1.165) is 24.0 Å². The topological polar surface area (TPSA) is 12.5 Å². The van der Waals surface area contributed by atoms with E-state index in [1.807, 2.05) is 0 Å². The minimum absolute atomic E-state index is 0.485. The molecule has 110 valence electrons. The van der Waals surface area contributed by atoms with Crippen molar-refractivity contribution in [1.29, 1.82) is 0 Å². The van der Waals surface area contributed by atoms with Crippen molar-refractivity contribution in [2.75, 3.05) is 38.2 Å². The number of nitrogens with zero attached hydrogens (tertiary/aromatic N) is 1. The first kappa shape index (κ1) is 14.3. The summed E-state index contributed by atoms with van der Waals surface area (Å²) in [6, 6.07) is 0. The highest BCUT2D eigenvalue weighted by atomic mass is 79.9. The molecule has 0 unspecified atom stereocenters. The lowest BCUT2D eigenvalue weighted by atomic mass is 9.75. The summed E-state index contributed by atoms with van der Waals surface area (Å²) in [5.74, 6) is 0. The van der Waals surface area contributed by atoms with Crippen molar-refractivity contribution in [2.45, 2.75) is 51.4 Å². The molecule has 2 saturated heterocycles. The van der Waals surface area contributed by atoms with E-state index in [1.54, 1.807) is 0 Å². The molecule has 19 heavy (non-hydrogen) atoms. The lowest BCUT2D eigenvalue weighted by molar-refractivity contribution is -0.00401. The Balaban J connectivity index is 1.53. The zero-order valence-electron chi connectivity index (χ0n) is 12.1. The molecule has 0 aromatic heterocycles. The van der Waals surface area contributed by atoms with Crippen LogP contribution in [-0.2, 0) is 4.74 Å². The van der Waals surface area contributed by atoms with Crippen LogP contribution in [0.4, 0.5) is 0 Å². The number of rotatable bonds is 3. The van der Waals surface area contributed by atoms with Gasteiger partial charge in [0.2, 0.25) is 0 Å². The molecule has 3 aliphatic rings. The highest BCUT2D eigenvalue weighted by molar-refractivity contribution is 9.09. The van der Waals surface area contributed by atoms with Gasteiger partial charge in [-0.1, -0.05) is 28.8 Å². The molecule has 0 bridgehead atoms. The van der Waals surface area contributed by atoms with Crippen LogP contribution in [0.5, 0.6) is 0 Å². The van der Waals surface area contributed by atoms with Gasteiger partial charge in [-0.15, -0.1) is 0 Å². The number of likely N-dealkylation sites (tertiary alicyclic amines) is 1. The minimum Gasteiger partial charge on any atom is -0.381 e. The van der Waals surface area contributed by atoms with Gasteiger partial charge in [-0.3, -0.25) is 0 Å². The fourth-order valence-electron chi connectivity index (χ4n) is 4.42. The Bertz CT molecular complexity index is 285. The van der Waals surface area contributed by atoms with E-state index in [4.69, 9.17) is 4.74 Å². The number of piperidine rings is 1. The second-order valence-electron chi connectivity index (χ2n) is 7.23. The van der Waals surface area contributed by atoms with Crippen LogP contribution in [0, 0.1) is 10.8 Å². The van der Waals surface area contributed by atoms with Crippen LogP contribution < -0.4 is 0 Å². The maximum absolute atomic E-state index is 5.55. The van der Waals surface area contributed by atoms with E-state index in [1.165, 1.54) is 71.0 Å². The van der Waals surface area contributed by atoms with Gasteiger partial charge >= 0.3 is 0 Å². The summed E-state index contributed by atoms with van der Waals surface area (Å²) in [7, 11) is 0. The van der Waals surface area contributed by atoms with Crippen molar-refractivity contribution in [1.82, 2.24) is 4.90 Å². The van der Waals surface area contributed by atoms with Crippen molar-refractivity contribution in [3.8, 4) is 0 Å². The van der Waals surface area contributed by atoms with Crippen LogP contribution in [0.15, 0.2) is 0 Å². The molecule has 0 aromatic carbocycles. The average molecular weight is 330 g/mol. The maximum atomic E-state index is 5.55. The Morgan fingerprint density at radius 3 is 2.11 bits per heavy atom. The minimum atomic E-state index is 0.485. The molecule has 2 nitrogen and oxygen atoms in total. The largest absolute Gasteiger partial charge is 0.381 e. The average Bonchev–Trinajstić information content (AvgIpc) is 2.91. The van der Waals surface area contributed by atoms with E-state index in [9.17, 15) is 0 Å². The highest BCUT2D eigenvalue weighted by Gasteiger charge is 2.39. The molecule has 2 heterocycles. The van der Waals surface area contributed by atoms with Crippen molar-refractivity contribution >= 4 is 15.9 Å². The number of hydrogen-bond donors (Lipinski definition) is 0. The predicted octanol–water partition coefficient (Wildman–Crippen LogP) is 3.83. The van der Waals surface area contributed by atoms with E-state index in [0.29, 0.717) is 5.41 Å². The van der Waals surface area contributed by atoms with Crippen molar-refractivity contribution < 1.29 is 4.74 Å². The third-order valence-corrected chi connectivity index (χ3v) is 7.17. The van der Waals surface area contributed by atoms with Crippen LogP contribution in [0.3, 0.4) is 0 Å². The van der Waals surface area contributed by atoms with Crippen LogP contribution in [0.1, 0.15) is 51.4 Å². The van der Waals surface area contributed by atoms with Gasteiger partial charge in [0, 0.05) is 25.1 Å². The van der Waals surface area contributed by atoms with Gasteiger partial charge in [0.1, 0.15) is 0 Å². The summed E-state index contributed by atoms with van der Waals surface area (Å²) >= 11 is 3.77. The molecule has 2 aliphatic heterocycles. The Morgan fingerprint density at radius 1 is 0.895 bits per heavy atom. The quantitative estimate of drug-likeness (QED) is 0.729. The van der Waals surface area contributed by atoms with Gasteiger partial charge in [-0.25, -0.2) is 0 Å². The molecule has 0 N–H and O–H groups in total. The summed E-state index contributed by atoms with van der Waals surface area (Å²) in [6.45, 7) is 5.90. The van der Waals surface area contributed by atoms with E-state index >= 15 is 0 Å². The number of ether oxygens (including phenoxy) is 1. The highest BCUT2D eigenvalue weighted by Crippen LogP contribution is 2.46. The van der Waals surface area contributed by atoms with Crippen LogP contribution in [-0.4, -0.2) is 43.1 Å². The molecular formula is C16H28BrNO. The van der Waals surface area contributed by atoms with Crippen LogP contribution in [0.2, 0.25) is 0 Å². The van der Waals surface area contributed by atoms with E-state index in [2.05, 4.69) is 20.8 Å². The molecule has 0 radical (unpaired) electrons. The van der Waals surface area contributed by atoms with Gasteiger partial charge in [-0.05, 0) is 62.4 Å². The fraction of sp³-hybridized carbons (Fsp3) is 1.00.